The maximum atomic E-state index is 14.3. The van der Waals surface area contributed by atoms with Gasteiger partial charge in [-0.05, 0) is 35.9 Å². The first-order valence-corrected chi connectivity index (χ1v) is 12.5. The van der Waals surface area contributed by atoms with Crippen molar-refractivity contribution in [1.82, 2.24) is 10.2 Å². The molecule has 1 aliphatic heterocycles. The molecule has 0 bridgehead atoms. The molecule has 1 fully saturated rings. The topological polar surface area (TPSA) is 81.8 Å². The van der Waals surface area contributed by atoms with Crippen LogP contribution in [0.1, 0.15) is 15.9 Å². The number of carbonyl (C=O) groups is 1. The van der Waals surface area contributed by atoms with Crippen molar-refractivity contribution in [3.8, 4) is 0 Å². The number of piperazine rings is 1. The smallest absolute Gasteiger partial charge is 0.264 e. The summed E-state index contributed by atoms with van der Waals surface area (Å²) >= 11 is 0. The lowest BCUT2D eigenvalue weighted by molar-refractivity contribution is 0.0785. The van der Waals surface area contributed by atoms with Gasteiger partial charge < -0.3 is 15.1 Å². The van der Waals surface area contributed by atoms with Crippen molar-refractivity contribution in [1.29, 1.82) is 0 Å². The number of halogens is 1. The van der Waals surface area contributed by atoms with Crippen LogP contribution in [0.4, 0.5) is 15.8 Å². The van der Waals surface area contributed by atoms with Crippen molar-refractivity contribution in [2.75, 3.05) is 42.8 Å². The van der Waals surface area contributed by atoms with E-state index in [1.165, 1.54) is 24.3 Å². The van der Waals surface area contributed by atoms with E-state index in [9.17, 15) is 17.6 Å². The number of hydrogen-bond acceptors (Lipinski definition) is 5. The Morgan fingerprint density at radius 1 is 1.03 bits per heavy atom. The van der Waals surface area contributed by atoms with Gasteiger partial charge in [0.2, 0.25) is 0 Å². The number of amides is 1. The zero-order chi connectivity index (χ0) is 24.1. The molecular weight excluding hydrogens is 455 g/mol. The fraction of sp³-hybridized carbons (Fsp3) is 0.240. The van der Waals surface area contributed by atoms with Gasteiger partial charge in [0.05, 0.1) is 11.4 Å². The zero-order valence-electron chi connectivity index (χ0n) is 18.9. The van der Waals surface area contributed by atoms with Crippen LogP contribution in [0.25, 0.3) is 0 Å². The Morgan fingerprint density at radius 2 is 1.71 bits per heavy atom. The van der Waals surface area contributed by atoms with Crippen LogP contribution in [-0.2, 0) is 16.6 Å². The molecule has 34 heavy (non-hydrogen) atoms. The first-order chi connectivity index (χ1) is 16.3. The summed E-state index contributed by atoms with van der Waals surface area (Å²) in [4.78, 5) is 16.3. The first-order valence-electron chi connectivity index (χ1n) is 11.0. The van der Waals surface area contributed by atoms with Crippen molar-refractivity contribution in [2.24, 2.45) is 0 Å². The average molecular weight is 483 g/mol. The Kier molecular flexibility index (Phi) is 7.14. The second-order valence-electron chi connectivity index (χ2n) is 8.15. The lowest BCUT2D eigenvalue weighted by Gasteiger charge is -2.31. The van der Waals surface area contributed by atoms with Gasteiger partial charge in [0.1, 0.15) is 10.7 Å². The molecule has 1 heterocycles. The number of sulfonamides is 1. The van der Waals surface area contributed by atoms with Gasteiger partial charge in [-0.1, -0.05) is 42.5 Å². The Hall–Kier alpha value is -3.43. The number of nitrogens with zero attached hydrogens (tertiary/aromatic N) is 2. The van der Waals surface area contributed by atoms with E-state index >= 15 is 0 Å². The van der Waals surface area contributed by atoms with Gasteiger partial charge >= 0.3 is 0 Å². The van der Waals surface area contributed by atoms with Gasteiger partial charge in [0, 0.05) is 45.3 Å². The summed E-state index contributed by atoms with van der Waals surface area (Å²) in [5.74, 6) is -1.09. The van der Waals surface area contributed by atoms with Crippen LogP contribution in [0.15, 0.2) is 77.7 Å². The minimum Gasteiger partial charge on any atom is -0.367 e. The molecule has 0 aliphatic carbocycles. The van der Waals surface area contributed by atoms with Crippen molar-refractivity contribution in [3.05, 3.63) is 89.7 Å². The lowest BCUT2D eigenvalue weighted by atomic mass is 10.1. The summed E-state index contributed by atoms with van der Waals surface area (Å²) in [6.07, 6.45) is 0. The third kappa shape index (κ3) is 5.37. The van der Waals surface area contributed by atoms with E-state index in [4.69, 9.17) is 0 Å². The normalized spacial score (nSPS) is 14.0. The standard InChI is InChI=1S/C25H27FN4O3S/c1-29(18-19-7-3-2-4-8-19)25(31)20-11-12-23(30-15-13-27-14-16-30)22(17-20)28-34(32,33)24-10-6-5-9-21(24)26/h2-12,17,27-28H,13-16,18H2,1H3. The highest BCUT2D eigenvalue weighted by atomic mass is 32.2. The molecule has 9 heteroatoms. The molecule has 1 saturated heterocycles. The molecule has 3 aromatic carbocycles. The van der Waals surface area contributed by atoms with Crippen LogP contribution in [0, 0.1) is 5.82 Å². The molecule has 178 valence electrons. The number of benzene rings is 3. The molecule has 0 unspecified atom stereocenters. The molecule has 0 saturated carbocycles. The summed E-state index contributed by atoms with van der Waals surface area (Å²) in [6, 6.07) is 19.8. The number of rotatable bonds is 7. The molecule has 0 radical (unpaired) electrons. The number of carbonyl (C=O) groups excluding carboxylic acids is 1. The van der Waals surface area contributed by atoms with Crippen LogP contribution < -0.4 is 14.9 Å². The SMILES string of the molecule is CN(Cc1ccccc1)C(=O)c1ccc(N2CCNCC2)c(NS(=O)(=O)c2ccccc2F)c1. The van der Waals surface area contributed by atoms with Crippen molar-refractivity contribution in [3.63, 3.8) is 0 Å². The number of hydrogen-bond donors (Lipinski definition) is 2. The summed E-state index contributed by atoms with van der Waals surface area (Å²) < 4.78 is 42.9. The van der Waals surface area contributed by atoms with Crippen LogP contribution in [0.2, 0.25) is 0 Å². The maximum Gasteiger partial charge on any atom is 0.264 e. The number of nitrogens with one attached hydrogen (secondary N) is 2. The Balaban J connectivity index is 1.67. The third-order valence-electron chi connectivity index (χ3n) is 5.68. The minimum absolute atomic E-state index is 0.240. The molecular formula is C25H27FN4O3S. The first kappa shape index (κ1) is 23.7. The van der Waals surface area contributed by atoms with E-state index in [-0.39, 0.29) is 11.6 Å². The summed E-state index contributed by atoms with van der Waals surface area (Å²) in [5, 5.41) is 3.26. The van der Waals surface area contributed by atoms with E-state index in [0.29, 0.717) is 30.9 Å². The van der Waals surface area contributed by atoms with Gasteiger partial charge in [0.15, 0.2) is 0 Å². The van der Waals surface area contributed by atoms with Crippen LogP contribution in [-0.4, -0.2) is 52.5 Å². The van der Waals surface area contributed by atoms with E-state index in [1.54, 1.807) is 24.1 Å². The van der Waals surface area contributed by atoms with Gasteiger partial charge in [-0.15, -0.1) is 0 Å². The highest BCUT2D eigenvalue weighted by molar-refractivity contribution is 7.92. The van der Waals surface area contributed by atoms with Crippen molar-refractivity contribution in [2.45, 2.75) is 11.4 Å². The summed E-state index contributed by atoms with van der Waals surface area (Å²) in [7, 11) is -2.51. The van der Waals surface area contributed by atoms with Crippen molar-refractivity contribution < 1.29 is 17.6 Å². The van der Waals surface area contributed by atoms with Crippen LogP contribution in [0.3, 0.4) is 0 Å². The molecule has 1 amide bonds. The molecule has 0 spiro atoms. The van der Waals surface area contributed by atoms with Gasteiger partial charge in [-0.2, -0.15) is 0 Å². The Morgan fingerprint density at radius 3 is 2.41 bits per heavy atom. The Bertz CT molecular complexity index is 1260. The summed E-state index contributed by atoms with van der Waals surface area (Å²) in [6.45, 7) is 3.26. The second kappa shape index (κ2) is 10.2. The molecule has 2 N–H and O–H groups in total. The molecule has 7 nitrogen and oxygen atoms in total. The van der Waals surface area contributed by atoms with E-state index < -0.39 is 20.7 Å². The quantitative estimate of drug-likeness (QED) is 0.540. The fourth-order valence-electron chi connectivity index (χ4n) is 3.94. The van der Waals surface area contributed by atoms with Gasteiger partial charge in [-0.25, -0.2) is 12.8 Å². The predicted molar refractivity (Wildman–Crippen MR) is 131 cm³/mol. The van der Waals surface area contributed by atoms with E-state index in [2.05, 4.69) is 10.0 Å². The largest absolute Gasteiger partial charge is 0.367 e. The van der Waals surface area contributed by atoms with E-state index in [1.807, 2.05) is 35.2 Å². The highest BCUT2D eigenvalue weighted by Gasteiger charge is 2.24. The molecule has 4 rings (SSSR count). The van der Waals surface area contributed by atoms with Crippen LogP contribution in [0.5, 0.6) is 0 Å². The van der Waals surface area contributed by atoms with Gasteiger partial charge in [-0.3, -0.25) is 9.52 Å². The second-order valence-corrected chi connectivity index (χ2v) is 9.80. The minimum atomic E-state index is -4.21. The predicted octanol–water partition coefficient (Wildman–Crippen LogP) is 3.31. The van der Waals surface area contributed by atoms with Gasteiger partial charge in [0.25, 0.3) is 15.9 Å². The maximum absolute atomic E-state index is 14.3. The highest BCUT2D eigenvalue weighted by Crippen LogP contribution is 2.31. The average Bonchev–Trinajstić information content (AvgIpc) is 2.84. The lowest BCUT2D eigenvalue weighted by Crippen LogP contribution is -2.43. The number of anilines is 2. The molecule has 3 aromatic rings. The molecule has 0 aromatic heterocycles. The zero-order valence-corrected chi connectivity index (χ0v) is 19.7. The van der Waals surface area contributed by atoms with E-state index in [0.717, 1.165) is 24.7 Å². The van der Waals surface area contributed by atoms with Crippen molar-refractivity contribution >= 4 is 27.3 Å². The fourth-order valence-corrected chi connectivity index (χ4v) is 5.09. The molecule has 0 atom stereocenters. The Labute approximate surface area is 199 Å². The third-order valence-corrected chi connectivity index (χ3v) is 7.08. The molecule has 1 aliphatic rings. The van der Waals surface area contributed by atoms with Crippen LogP contribution >= 0.6 is 0 Å². The monoisotopic (exact) mass is 482 g/mol. The summed E-state index contributed by atoms with van der Waals surface area (Å²) in [5.41, 5.74) is 2.20.